The maximum absolute atomic E-state index is 12.8. The summed E-state index contributed by atoms with van der Waals surface area (Å²) in [4.78, 5) is 17.7. The fourth-order valence-corrected chi connectivity index (χ4v) is 3.98. The SMILES string of the molecule is COCCCNC(=S)N(Cc1cc2cc3c(cc2[nH]c1=O)OCO3)CC1CCCO1. The summed E-state index contributed by atoms with van der Waals surface area (Å²) in [6.07, 6.45) is 3.03. The second-order valence-corrected chi connectivity index (χ2v) is 7.90. The molecule has 162 valence electrons. The zero-order chi connectivity index (χ0) is 20.9. The highest BCUT2D eigenvalue weighted by atomic mass is 32.1. The second-order valence-electron chi connectivity index (χ2n) is 7.51. The third-order valence-corrected chi connectivity index (χ3v) is 5.71. The highest BCUT2D eigenvalue weighted by Gasteiger charge is 2.22. The van der Waals surface area contributed by atoms with Crippen LogP contribution in [-0.4, -0.2) is 61.3 Å². The van der Waals surface area contributed by atoms with E-state index in [0.717, 1.165) is 36.8 Å². The van der Waals surface area contributed by atoms with Crippen LogP contribution in [0.1, 0.15) is 24.8 Å². The number of H-pyrrole nitrogens is 1. The van der Waals surface area contributed by atoms with Gasteiger partial charge >= 0.3 is 0 Å². The van der Waals surface area contributed by atoms with Crippen molar-refractivity contribution in [1.29, 1.82) is 0 Å². The predicted octanol–water partition coefficient (Wildman–Crippen LogP) is 2.15. The average molecular weight is 434 g/mol. The molecule has 0 saturated carbocycles. The van der Waals surface area contributed by atoms with Gasteiger partial charge in [-0.25, -0.2) is 0 Å². The molecule has 8 nitrogen and oxygen atoms in total. The van der Waals surface area contributed by atoms with Gasteiger partial charge in [0.25, 0.3) is 5.56 Å². The Bertz CT molecular complexity index is 958. The van der Waals surface area contributed by atoms with E-state index in [1.165, 1.54) is 0 Å². The van der Waals surface area contributed by atoms with Gasteiger partial charge < -0.3 is 34.1 Å². The van der Waals surface area contributed by atoms with Crippen molar-refractivity contribution in [2.45, 2.75) is 31.9 Å². The Hall–Kier alpha value is -2.36. The minimum atomic E-state index is -0.138. The Balaban J connectivity index is 1.53. The summed E-state index contributed by atoms with van der Waals surface area (Å²) < 4.78 is 21.8. The monoisotopic (exact) mass is 433 g/mol. The molecule has 0 aliphatic carbocycles. The molecule has 1 unspecified atom stereocenters. The van der Waals surface area contributed by atoms with Crippen LogP contribution < -0.4 is 20.3 Å². The molecule has 1 aromatic carbocycles. The lowest BCUT2D eigenvalue weighted by molar-refractivity contribution is 0.0896. The number of rotatable bonds is 8. The number of aromatic amines is 1. The zero-order valence-corrected chi connectivity index (χ0v) is 17.9. The fraction of sp³-hybridized carbons (Fsp3) is 0.524. The number of thiocarbonyl (C=S) groups is 1. The number of ether oxygens (including phenoxy) is 4. The molecule has 0 spiro atoms. The second kappa shape index (κ2) is 9.63. The van der Waals surface area contributed by atoms with E-state index in [-0.39, 0.29) is 18.5 Å². The number of nitrogens with one attached hydrogen (secondary N) is 2. The molecular weight excluding hydrogens is 406 g/mol. The number of fused-ring (bicyclic) bond motifs is 2. The van der Waals surface area contributed by atoms with E-state index in [1.807, 2.05) is 17.0 Å². The Morgan fingerprint density at radius 3 is 2.93 bits per heavy atom. The summed E-state index contributed by atoms with van der Waals surface area (Å²) in [5.74, 6) is 1.33. The van der Waals surface area contributed by atoms with Gasteiger partial charge in [0, 0.05) is 50.4 Å². The standard InChI is InChI=1S/C21H27N3O5S/c1-26-6-3-5-22-21(30)24(12-16-4-2-7-27-16)11-15-8-14-9-18-19(29-13-28-18)10-17(14)23-20(15)25/h8-10,16H,2-7,11-13H2,1H3,(H,22,30)(H,23,25). The molecule has 1 fully saturated rings. The van der Waals surface area contributed by atoms with Crippen LogP contribution in [0.2, 0.25) is 0 Å². The van der Waals surface area contributed by atoms with Gasteiger partial charge in [0.15, 0.2) is 16.6 Å². The van der Waals surface area contributed by atoms with Crippen LogP contribution in [0.15, 0.2) is 23.0 Å². The Labute approximate surface area is 180 Å². The van der Waals surface area contributed by atoms with Gasteiger partial charge in [-0.15, -0.1) is 0 Å². The van der Waals surface area contributed by atoms with E-state index in [9.17, 15) is 4.79 Å². The minimum absolute atomic E-state index is 0.122. The molecule has 2 aliphatic heterocycles. The third kappa shape index (κ3) is 4.85. The number of pyridine rings is 1. The maximum Gasteiger partial charge on any atom is 0.253 e. The van der Waals surface area contributed by atoms with Crippen LogP contribution in [0, 0.1) is 0 Å². The molecule has 1 atom stereocenters. The van der Waals surface area contributed by atoms with Crippen molar-refractivity contribution in [3.63, 3.8) is 0 Å². The topological polar surface area (TPSA) is 85.1 Å². The van der Waals surface area contributed by atoms with Gasteiger partial charge in [0.05, 0.1) is 18.2 Å². The molecule has 2 aliphatic rings. The molecule has 3 heterocycles. The van der Waals surface area contributed by atoms with Gasteiger partial charge in [-0.2, -0.15) is 0 Å². The first-order chi connectivity index (χ1) is 14.6. The number of hydrogen-bond donors (Lipinski definition) is 2. The predicted molar refractivity (Wildman–Crippen MR) is 117 cm³/mol. The van der Waals surface area contributed by atoms with Crippen molar-refractivity contribution >= 4 is 28.2 Å². The van der Waals surface area contributed by atoms with Crippen LogP contribution in [0.25, 0.3) is 10.9 Å². The van der Waals surface area contributed by atoms with Gasteiger partial charge in [0.1, 0.15) is 0 Å². The van der Waals surface area contributed by atoms with Crippen LogP contribution in [0.3, 0.4) is 0 Å². The summed E-state index contributed by atoms with van der Waals surface area (Å²) in [5.41, 5.74) is 1.22. The number of aromatic nitrogens is 1. The van der Waals surface area contributed by atoms with E-state index >= 15 is 0 Å². The Morgan fingerprint density at radius 2 is 2.17 bits per heavy atom. The van der Waals surface area contributed by atoms with Gasteiger partial charge in [-0.05, 0) is 43.6 Å². The zero-order valence-electron chi connectivity index (χ0n) is 17.1. The molecule has 0 bridgehead atoms. The van der Waals surface area contributed by atoms with E-state index in [1.54, 1.807) is 13.2 Å². The maximum atomic E-state index is 12.8. The van der Waals surface area contributed by atoms with Crippen LogP contribution >= 0.6 is 12.2 Å². The highest BCUT2D eigenvalue weighted by Crippen LogP contribution is 2.35. The summed E-state index contributed by atoms with van der Waals surface area (Å²) in [5, 5.41) is 4.79. The largest absolute Gasteiger partial charge is 0.454 e. The molecule has 1 saturated heterocycles. The molecular formula is C21H27N3O5S. The van der Waals surface area contributed by atoms with E-state index in [2.05, 4.69) is 10.3 Å². The first-order valence-corrected chi connectivity index (χ1v) is 10.6. The highest BCUT2D eigenvalue weighted by molar-refractivity contribution is 7.80. The number of benzene rings is 1. The summed E-state index contributed by atoms with van der Waals surface area (Å²) in [6, 6.07) is 5.59. The first kappa shape index (κ1) is 20.9. The van der Waals surface area contributed by atoms with Crippen LogP contribution in [0.5, 0.6) is 11.5 Å². The van der Waals surface area contributed by atoms with Crippen molar-refractivity contribution in [3.05, 3.63) is 34.1 Å². The van der Waals surface area contributed by atoms with Crippen molar-refractivity contribution in [3.8, 4) is 11.5 Å². The number of hydrogen-bond acceptors (Lipinski definition) is 6. The molecule has 0 radical (unpaired) electrons. The van der Waals surface area contributed by atoms with E-state index in [0.29, 0.717) is 48.4 Å². The summed E-state index contributed by atoms with van der Waals surface area (Å²) >= 11 is 5.63. The molecule has 2 N–H and O–H groups in total. The first-order valence-electron chi connectivity index (χ1n) is 10.2. The number of nitrogens with zero attached hydrogens (tertiary/aromatic N) is 1. The fourth-order valence-electron chi connectivity index (χ4n) is 3.74. The molecule has 0 amide bonds. The normalized spacial score (nSPS) is 17.4. The average Bonchev–Trinajstić information content (AvgIpc) is 3.41. The van der Waals surface area contributed by atoms with Gasteiger partial charge in [0.2, 0.25) is 6.79 Å². The van der Waals surface area contributed by atoms with Crippen molar-refractivity contribution in [2.75, 3.05) is 40.2 Å². The van der Waals surface area contributed by atoms with E-state index < -0.39 is 0 Å². The van der Waals surface area contributed by atoms with Crippen molar-refractivity contribution in [1.82, 2.24) is 15.2 Å². The Morgan fingerprint density at radius 1 is 1.33 bits per heavy atom. The molecule has 4 rings (SSSR count). The van der Waals surface area contributed by atoms with Crippen LogP contribution in [0.4, 0.5) is 0 Å². The molecule has 2 aromatic rings. The number of methoxy groups -OCH3 is 1. The van der Waals surface area contributed by atoms with Gasteiger partial charge in [-0.1, -0.05) is 0 Å². The molecule has 1 aromatic heterocycles. The lowest BCUT2D eigenvalue weighted by Crippen LogP contribution is -2.44. The van der Waals surface area contributed by atoms with E-state index in [4.69, 9.17) is 31.2 Å². The summed E-state index contributed by atoms with van der Waals surface area (Å²) in [7, 11) is 1.68. The molecule has 9 heteroatoms. The lowest BCUT2D eigenvalue weighted by Gasteiger charge is -2.28. The lowest BCUT2D eigenvalue weighted by atomic mass is 10.1. The van der Waals surface area contributed by atoms with Crippen molar-refractivity contribution < 1.29 is 18.9 Å². The Kier molecular flexibility index (Phi) is 6.71. The minimum Gasteiger partial charge on any atom is -0.454 e. The smallest absolute Gasteiger partial charge is 0.253 e. The van der Waals surface area contributed by atoms with Gasteiger partial charge in [-0.3, -0.25) is 4.79 Å². The third-order valence-electron chi connectivity index (χ3n) is 5.31. The van der Waals surface area contributed by atoms with Crippen molar-refractivity contribution in [2.24, 2.45) is 0 Å². The molecule has 30 heavy (non-hydrogen) atoms. The quantitative estimate of drug-likeness (QED) is 0.484. The summed E-state index contributed by atoms with van der Waals surface area (Å²) in [6.45, 7) is 3.40. The van der Waals surface area contributed by atoms with Crippen LogP contribution in [-0.2, 0) is 16.0 Å².